The second-order valence-electron chi connectivity index (χ2n) is 4.26. The maximum absolute atomic E-state index is 8.70. The molecule has 2 rings (SSSR count). The molecule has 1 aliphatic rings. The fraction of sp³-hybridized carbons (Fsp3) is 0.267. The minimum absolute atomic E-state index is 0. The molecule has 0 heterocycles. The van der Waals surface area contributed by atoms with Gasteiger partial charge in [0.1, 0.15) is 0 Å². The van der Waals surface area contributed by atoms with Crippen molar-refractivity contribution >= 4 is 18.1 Å². The SMILES string of the molecule is CCN(Cc1ccccc1)C1=CCC(=[N+]=[N-])C=C1.Cl. The van der Waals surface area contributed by atoms with Gasteiger partial charge in [-0.05, 0) is 24.6 Å². The smallest absolute Gasteiger partial charge is 0.295 e. The summed E-state index contributed by atoms with van der Waals surface area (Å²) in [7, 11) is 0. The van der Waals surface area contributed by atoms with Crippen molar-refractivity contribution in [2.45, 2.75) is 19.9 Å². The van der Waals surface area contributed by atoms with Crippen LogP contribution in [0.25, 0.3) is 5.53 Å². The molecule has 0 saturated heterocycles. The van der Waals surface area contributed by atoms with Crippen molar-refractivity contribution in [2.24, 2.45) is 0 Å². The van der Waals surface area contributed by atoms with E-state index in [9.17, 15) is 0 Å². The van der Waals surface area contributed by atoms with Crippen LogP contribution in [0.5, 0.6) is 0 Å². The maximum atomic E-state index is 8.70. The zero-order valence-electron chi connectivity index (χ0n) is 11.0. The van der Waals surface area contributed by atoms with Crippen LogP contribution >= 0.6 is 12.4 Å². The first kappa shape index (κ1) is 15.2. The summed E-state index contributed by atoms with van der Waals surface area (Å²) in [6.45, 7) is 4.00. The fourth-order valence-electron chi connectivity index (χ4n) is 2.02. The Hall–Kier alpha value is -1.83. The number of likely N-dealkylation sites (N-methyl/N-ethyl adjacent to an activating group) is 1. The Kier molecular flexibility index (Phi) is 6.07. The number of rotatable bonds is 4. The van der Waals surface area contributed by atoms with E-state index in [0.717, 1.165) is 13.1 Å². The first-order valence-corrected chi connectivity index (χ1v) is 6.21. The van der Waals surface area contributed by atoms with Gasteiger partial charge >= 0.3 is 0 Å². The zero-order chi connectivity index (χ0) is 12.8. The van der Waals surface area contributed by atoms with E-state index in [0.29, 0.717) is 12.1 Å². The van der Waals surface area contributed by atoms with E-state index in [1.807, 2.05) is 18.2 Å². The summed E-state index contributed by atoms with van der Waals surface area (Å²) in [6, 6.07) is 10.4. The van der Waals surface area contributed by atoms with Crippen molar-refractivity contribution in [3.8, 4) is 0 Å². The lowest BCUT2D eigenvalue weighted by Gasteiger charge is -2.25. The van der Waals surface area contributed by atoms with E-state index < -0.39 is 0 Å². The van der Waals surface area contributed by atoms with Crippen LogP contribution in [-0.2, 0) is 6.54 Å². The van der Waals surface area contributed by atoms with Crippen LogP contribution in [0.2, 0.25) is 0 Å². The molecule has 0 spiro atoms. The van der Waals surface area contributed by atoms with Gasteiger partial charge in [-0.1, -0.05) is 30.3 Å². The molecular weight excluding hydrogens is 258 g/mol. The van der Waals surface area contributed by atoms with E-state index in [-0.39, 0.29) is 12.4 Å². The molecular formula is C15H18ClN3. The Bertz CT molecular complexity index is 513. The van der Waals surface area contributed by atoms with Crippen molar-refractivity contribution in [1.82, 2.24) is 4.90 Å². The van der Waals surface area contributed by atoms with Gasteiger partial charge in [-0.3, -0.25) is 0 Å². The molecule has 0 radical (unpaired) electrons. The molecule has 1 aromatic rings. The third-order valence-corrected chi connectivity index (χ3v) is 3.06. The molecule has 0 atom stereocenters. The van der Waals surface area contributed by atoms with E-state index in [1.54, 1.807) is 0 Å². The number of hydrogen-bond acceptors (Lipinski definition) is 1. The van der Waals surface area contributed by atoms with Crippen molar-refractivity contribution < 1.29 is 4.79 Å². The summed E-state index contributed by atoms with van der Waals surface area (Å²) < 4.78 is 0. The van der Waals surface area contributed by atoms with Crippen LogP contribution in [0.3, 0.4) is 0 Å². The molecule has 0 aromatic heterocycles. The van der Waals surface area contributed by atoms with Crippen LogP contribution in [0.4, 0.5) is 0 Å². The lowest BCUT2D eigenvalue weighted by Crippen LogP contribution is -2.22. The first-order valence-electron chi connectivity index (χ1n) is 6.21. The normalized spacial score (nSPS) is 13.3. The average Bonchev–Trinajstić information content (AvgIpc) is 2.46. The van der Waals surface area contributed by atoms with Crippen molar-refractivity contribution in [3.63, 3.8) is 0 Å². The zero-order valence-corrected chi connectivity index (χ0v) is 11.8. The molecule has 19 heavy (non-hydrogen) atoms. The summed E-state index contributed by atoms with van der Waals surface area (Å²) in [5.41, 5.74) is 11.9. The van der Waals surface area contributed by atoms with Gasteiger partial charge in [-0.2, -0.15) is 4.79 Å². The maximum Gasteiger partial charge on any atom is 0.295 e. The molecule has 0 amide bonds. The van der Waals surface area contributed by atoms with E-state index in [1.165, 1.54) is 11.3 Å². The van der Waals surface area contributed by atoms with E-state index in [4.69, 9.17) is 5.53 Å². The van der Waals surface area contributed by atoms with E-state index >= 15 is 0 Å². The summed E-state index contributed by atoms with van der Waals surface area (Å²) in [5, 5.41) is 0. The quantitative estimate of drug-likeness (QED) is 0.613. The second-order valence-corrected chi connectivity index (χ2v) is 4.26. The minimum Gasteiger partial charge on any atom is -0.368 e. The lowest BCUT2D eigenvalue weighted by molar-refractivity contribution is -0.00547. The molecule has 0 saturated carbocycles. The van der Waals surface area contributed by atoms with Crippen molar-refractivity contribution in [2.75, 3.05) is 6.54 Å². The van der Waals surface area contributed by atoms with Gasteiger partial charge in [0.15, 0.2) is 0 Å². The Morgan fingerprint density at radius 3 is 2.47 bits per heavy atom. The number of benzene rings is 1. The topological polar surface area (TPSA) is 39.6 Å². The minimum atomic E-state index is 0. The Labute approximate surface area is 120 Å². The Balaban J connectivity index is 0.00000180. The highest BCUT2D eigenvalue weighted by molar-refractivity contribution is 5.93. The molecule has 0 N–H and O–H groups in total. The first-order chi connectivity index (χ1) is 8.83. The van der Waals surface area contributed by atoms with Gasteiger partial charge in [0.05, 0.1) is 6.42 Å². The van der Waals surface area contributed by atoms with Crippen LogP contribution in [0.15, 0.2) is 54.3 Å². The predicted molar refractivity (Wildman–Crippen MR) is 80.2 cm³/mol. The average molecular weight is 276 g/mol. The third kappa shape index (κ3) is 4.09. The number of allylic oxidation sites excluding steroid dienone is 3. The summed E-state index contributed by atoms with van der Waals surface area (Å²) >= 11 is 0. The number of hydrogen-bond donors (Lipinski definition) is 0. The van der Waals surface area contributed by atoms with Gasteiger partial charge < -0.3 is 10.4 Å². The van der Waals surface area contributed by atoms with E-state index in [2.05, 4.69) is 47.0 Å². The monoisotopic (exact) mass is 275 g/mol. The predicted octanol–water partition coefficient (Wildman–Crippen LogP) is 3.44. The van der Waals surface area contributed by atoms with Crippen LogP contribution < -0.4 is 0 Å². The molecule has 1 aromatic carbocycles. The van der Waals surface area contributed by atoms with Gasteiger partial charge in [0, 0.05) is 24.9 Å². The molecule has 0 bridgehead atoms. The third-order valence-electron chi connectivity index (χ3n) is 3.06. The largest absolute Gasteiger partial charge is 0.368 e. The molecule has 4 heteroatoms. The van der Waals surface area contributed by atoms with Crippen LogP contribution in [-0.4, -0.2) is 21.9 Å². The highest BCUT2D eigenvalue weighted by atomic mass is 35.5. The summed E-state index contributed by atoms with van der Waals surface area (Å²) in [4.78, 5) is 5.52. The highest BCUT2D eigenvalue weighted by Crippen LogP contribution is 2.15. The molecule has 3 nitrogen and oxygen atoms in total. The Morgan fingerprint density at radius 1 is 1.21 bits per heavy atom. The molecule has 0 aliphatic heterocycles. The van der Waals surface area contributed by atoms with Gasteiger partial charge in [0.2, 0.25) is 0 Å². The van der Waals surface area contributed by atoms with Gasteiger partial charge in [-0.15, -0.1) is 12.4 Å². The molecule has 100 valence electrons. The van der Waals surface area contributed by atoms with Gasteiger partial charge in [0.25, 0.3) is 5.71 Å². The second kappa shape index (κ2) is 7.57. The van der Waals surface area contributed by atoms with Crippen LogP contribution in [0, 0.1) is 0 Å². The number of halogens is 1. The lowest BCUT2D eigenvalue weighted by atomic mass is 10.1. The summed E-state index contributed by atoms with van der Waals surface area (Å²) in [5.74, 6) is 0. The van der Waals surface area contributed by atoms with Crippen molar-refractivity contribution in [1.29, 1.82) is 0 Å². The standard InChI is InChI=1S/C15H17N3.ClH/c1-2-18(12-13-6-4-3-5-7-13)15-10-8-14(17-16)9-11-15;/h3-8,10-11H,2,9,12H2,1H3;1H. The Morgan fingerprint density at radius 2 is 1.95 bits per heavy atom. The van der Waals surface area contributed by atoms with Crippen molar-refractivity contribution in [3.05, 3.63) is 65.4 Å². The summed E-state index contributed by atoms with van der Waals surface area (Å²) in [6.07, 6.45) is 6.66. The number of nitrogens with zero attached hydrogens (tertiary/aromatic N) is 3. The van der Waals surface area contributed by atoms with Crippen LogP contribution in [0.1, 0.15) is 18.9 Å². The highest BCUT2D eigenvalue weighted by Gasteiger charge is 2.12. The molecule has 0 fully saturated rings. The van der Waals surface area contributed by atoms with Gasteiger partial charge in [-0.25, -0.2) is 0 Å². The molecule has 0 unspecified atom stereocenters. The fourth-order valence-corrected chi connectivity index (χ4v) is 2.02. The molecule has 1 aliphatic carbocycles.